The van der Waals surface area contributed by atoms with Crippen molar-refractivity contribution >= 4 is 21.9 Å². The number of rotatable bonds is 7. The molecule has 18 heavy (non-hydrogen) atoms. The quantitative estimate of drug-likeness (QED) is 0.812. The molecule has 0 amide bonds. The first kappa shape index (κ1) is 15.1. The van der Waals surface area contributed by atoms with Gasteiger partial charge in [-0.25, -0.2) is 0 Å². The van der Waals surface area contributed by atoms with Gasteiger partial charge in [0.2, 0.25) is 0 Å². The monoisotopic (exact) mass is 314 g/mol. The van der Waals surface area contributed by atoms with Gasteiger partial charge in [-0.1, -0.05) is 13.8 Å². The van der Waals surface area contributed by atoms with Crippen LogP contribution < -0.4 is 5.32 Å². The second kappa shape index (κ2) is 6.85. The van der Waals surface area contributed by atoms with E-state index in [1.165, 1.54) is 0 Å². The van der Waals surface area contributed by atoms with E-state index in [9.17, 15) is 9.90 Å². The molecular formula is C13H19BrN2O2. The molecule has 0 spiro atoms. The van der Waals surface area contributed by atoms with Gasteiger partial charge in [-0.15, -0.1) is 0 Å². The van der Waals surface area contributed by atoms with E-state index < -0.39 is 11.4 Å². The maximum atomic E-state index is 11.3. The lowest BCUT2D eigenvalue weighted by atomic mass is 9.82. The van der Waals surface area contributed by atoms with Crippen molar-refractivity contribution in [2.75, 3.05) is 6.54 Å². The Kier molecular flexibility index (Phi) is 5.75. The van der Waals surface area contributed by atoms with E-state index >= 15 is 0 Å². The molecule has 0 fully saturated rings. The van der Waals surface area contributed by atoms with Gasteiger partial charge in [-0.2, -0.15) is 0 Å². The summed E-state index contributed by atoms with van der Waals surface area (Å²) in [5.41, 5.74) is 0.236. The Balaban J connectivity index is 2.54. The first-order valence-electron chi connectivity index (χ1n) is 6.08. The van der Waals surface area contributed by atoms with Gasteiger partial charge < -0.3 is 10.4 Å². The fraction of sp³-hybridized carbons (Fsp3) is 0.538. The van der Waals surface area contributed by atoms with E-state index in [1.807, 2.05) is 26.0 Å². The highest BCUT2D eigenvalue weighted by atomic mass is 79.9. The summed E-state index contributed by atoms with van der Waals surface area (Å²) in [4.78, 5) is 15.5. The highest BCUT2D eigenvalue weighted by molar-refractivity contribution is 9.10. The number of carboxylic acids is 1. The lowest BCUT2D eigenvalue weighted by molar-refractivity contribution is -0.149. The van der Waals surface area contributed by atoms with Gasteiger partial charge in [-0.3, -0.25) is 9.78 Å². The molecule has 100 valence electrons. The molecule has 5 heteroatoms. The highest BCUT2D eigenvalue weighted by Crippen LogP contribution is 2.25. The molecule has 0 saturated carbocycles. The molecule has 0 unspecified atom stereocenters. The molecule has 0 aliphatic rings. The average molecular weight is 315 g/mol. The van der Waals surface area contributed by atoms with E-state index in [0.29, 0.717) is 25.9 Å². The van der Waals surface area contributed by atoms with E-state index in [2.05, 4.69) is 26.2 Å². The Labute approximate surface area is 116 Å². The summed E-state index contributed by atoms with van der Waals surface area (Å²) >= 11 is 3.33. The standard InChI is InChI=1S/C13H19BrN2O2/c1-3-13(4-2,12(17)18)9-15-8-11-6-5-10(14)7-16-11/h5-7,15H,3-4,8-9H2,1-2H3,(H,17,18). The fourth-order valence-corrected chi connectivity index (χ4v) is 2.05. The number of hydrogen-bond acceptors (Lipinski definition) is 3. The Morgan fingerprint density at radius 1 is 1.44 bits per heavy atom. The molecular weight excluding hydrogens is 296 g/mol. The number of aliphatic carboxylic acids is 1. The van der Waals surface area contributed by atoms with Crippen molar-refractivity contribution in [2.24, 2.45) is 5.41 Å². The van der Waals surface area contributed by atoms with Crippen LogP contribution in [-0.2, 0) is 11.3 Å². The van der Waals surface area contributed by atoms with Crippen LogP contribution in [0, 0.1) is 5.41 Å². The molecule has 1 heterocycles. The van der Waals surface area contributed by atoms with Crippen molar-refractivity contribution in [1.29, 1.82) is 0 Å². The SMILES string of the molecule is CCC(CC)(CNCc1ccc(Br)cn1)C(=O)O. The van der Waals surface area contributed by atoms with Crippen LogP contribution in [0.2, 0.25) is 0 Å². The minimum absolute atomic E-state index is 0.465. The number of halogens is 1. The second-order valence-corrected chi connectivity index (χ2v) is 5.28. The smallest absolute Gasteiger partial charge is 0.310 e. The summed E-state index contributed by atoms with van der Waals surface area (Å²) in [7, 11) is 0. The van der Waals surface area contributed by atoms with Crippen molar-refractivity contribution in [2.45, 2.75) is 33.2 Å². The van der Waals surface area contributed by atoms with Crippen molar-refractivity contribution in [3.63, 3.8) is 0 Å². The molecule has 0 aliphatic carbocycles. The molecule has 0 atom stereocenters. The van der Waals surface area contributed by atoms with Crippen LogP contribution in [0.5, 0.6) is 0 Å². The van der Waals surface area contributed by atoms with Crippen LogP contribution in [0.4, 0.5) is 0 Å². The zero-order valence-electron chi connectivity index (χ0n) is 10.7. The van der Waals surface area contributed by atoms with Gasteiger partial charge in [0.15, 0.2) is 0 Å². The summed E-state index contributed by atoms with van der Waals surface area (Å²) < 4.78 is 0.938. The van der Waals surface area contributed by atoms with Gasteiger partial charge in [0.05, 0.1) is 11.1 Å². The van der Waals surface area contributed by atoms with Crippen LogP contribution in [0.1, 0.15) is 32.4 Å². The van der Waals surface area contributed by atoms with Gasteiger partial charge in [-0.05, 0) is 40.9 Å². The van der Waals surface area contributed by atoms with Gasteiger partial charge >= 0.3 is 5.97 Å². The molecule has 2 N–H and O–H groups in total. The fourth-order valence-electron chi connectivity index (χ4n) is 1.82. The van der Waals surface area contributed by atoms with Crippen LogP contribution in [0.25, 0.3) is 0 Å². The molecule has 1 aromatic rings. The normalized spacial score (nSPS) is 11.5. The van der Waals surface area contributed by atoms with Crippen LogP contribution in [0.3, 0.4) is 0 Å². The summed E-state index contributed by atoms with van der Waals surface area (Å²) in [5.74, 6) is -0.733. The molecule has 1 rings (SSSR count). The molecule has 0 radical (unpaired) electrons. The maximum Gasteiger partial charge on any atom is 0.310 e. The van der Waals surface area contributed by atoms with Crippen LogP contribution in [-0.4, -0.2) is 22.6 Å². The predicted octanol–water partition coefficient (Wildman–Crippen LogP) is 2.82. The summed E-state index contributed by atoms with van der Waals surface area (Å²) in [5, 5.41) is 12.5. The van der Waals surface area contributed by atoms with Crippen molar-refractivity contribution in [3.05, 3.63) is 28.5 Å². The van der Waals surface area contributed by atoms with Crippen LogP contribution >= 0.6 is 15.9 Å². The maximum absolute atomic E-state index is 11.3. The molecule has 0 aromatic carbocycles. The minimum atomic E-state index is -0.733. The molecule has 0 aliphatic heterocycles. The van der Waals surface area contributed by atoms with Crippen LogP contribution in [0.15, 0.2) is 22.8 Å². The van der Waals surface area contributed by atoms with Gasteiger partial charge in [0.1, 0.15) is 0 Å². The number of carboxylic acid groups (broad SMARTS) is 1. The lowest BCUT2D eigenvalue weighted by Crippen LogP contribution is -2.40. The molecule has 4 nitrogen and oxygen atoms in total. The van der Waals surface area contributed by atoms with Gasteiger partial charge in [0, 0.05) is 23.8 Å². The number of pyridine rings is 1. The lowest BCUT2D eigenvalue weighted by Gasteiger charge is -2.26. The number of carbonyl (C=O) groups is 1. The predicted molar refractivity (Wildman–Crippen MR) is 74.3 cm³/mol. The first-order chi connectivity index (χ1) is 8.54. The second-order valence-electron chi connectivity index (χ2n) is 4.36. The third kappa shape index (κ3) is 3.78. The number of nitrogens with zero attached hydrogens (tertiary/aromatic N) is 1. The Morgan fingerprint density at radius 2 is 2.11 bits per heavy atom. The average Bonchev–Trinajstić information content (AvgIpc) is 2.37. The zero-order valence-corrected chi connectivity index (χ0v) is 12.3. The summed E-state index contributed by atoms with van der Waals surface area (Å²) in [6.07, 6.45) is 2.99. The minimum Gasteiger partial charge on any atom is -0.481 e. The Hall–Kier alpha value is -0.940. The van der Waals surface area contributed by atoms with E-state index in [1.54, 1.807) is 6.20 Å². The number of hydrogen-bond donors (Lipinski definition) is 2. The van der Waals surface area contributed by atoms with Gasteiger partial charge in [0.25, 0.3) is 0 Å². The third-order valence-electron chi connectivity index (χ3n) is 3.37. The Bertz CT molecular complexity index is 388. The first-order valence-corrected chi connectivity index (χ1v) is 6.88. The Morgan fingerprint density at radius 3 is 2.56 bits per heavy atom. The molecule has 0 saturated heterocycles. The van der Waals surface area contributed by atoms with E-state index in [4.69, 9.17) is 0 Å². The highest BCUT2D eigenvalue weighted by Gasteiger charge is 2.34. The van der Waals surface area contributed by atoms with Crippen molar-refractivity contribution < 1.29 is 9.90 Å². The third-order valence-corrected chi connectivity index (χ3v) is 3.83. The summed E-state index contributed by atoms with van der Waals surface area (Å²) in [6.45, 7) is 4.88. The molecule has 0 bridgehead atoms. The van der Waals surface area contributed by atoms with Crippen molar-refractivity contribution in [1.82, 2.24) is 10.3 Å². The van der Waals surface area contributed by atoms with Crippen molar-refractivity contribution in [3.8, 4) is 0 Å². The van der Waals surface area contributed by atoms with E-state index in [0.717, 1.165) is 10.2 Å². The molecule has 1 aromatic heterocycles. The zero-order chi connectivity index (χ0) is 13.6. The topological polar surface area (TPSA) is 62.2 Å². The number of aromatic nitrogens is 1. The van der Waals surface area contributed by atoms with E-state index in [-0.39, 0.29) is 0 Å². The summed E-state index contributed by atoms with van der Waals surface area (Å²) in [6, 6.07) is 3.84. The number of nitrogens with one attached hydrogen (secondary N) is 1. The largest absolute Gasteiger partial charge is 0.481 e.